The highest BCUT2D eigenvalue weighted by Gasteiger charge is 2.11. The molecule has 0 fully saturated rings. The van der Waals surface area contributed by atoms with Crippen molar-refractivity contribution in [2.75, 3.05) is 0 Å². The van der Waals surface area contributed by atoms with Crippen LogP contribution in [0.25, 0.3) is 0 Å². The van der Waals surface area contributed by atoms with E-state index >= 15 is 0 Å². The monoisotopic (exact) mass is 392 g/mol. The molecular weight excluding hydrogens is 376 g/mol. The summed E-state index contributed by atoms with van der Waals surface area (Å²) in [6.07, 6.45) is 0.481. The van der Waals surface area contributed by atoms with E-state index in [1.165, 1.54) is 0 Å². The van der Waals surface area contributed by atoms with Crippen LogP contribution >= 0.6 is 0 Å². The van der Waals surface area contributed by atoms with E-state index in [2.05, 4.69) is 0 Å². The molecule has 0 saturated heterocycles. The summed E-state index contributed by atoms with van der Waals surface area (Å²) in [6.45, 7) is 0. The Bertz CT molecular complexity index is 768. The van der Waals surface area contributed by atoms with E-state index in [1.807, 2.05) is 0 Å². The van der Waals surface area contributed by atoms with Crippen LogP contribution in [-0.2, 0) is 6.42 Å². The molecule has 2 rings (SSSR count). The molecule has 0 aromatic heterocycles. The van der Waals surface area contributed by atoms with Gasteiger partial charge >= 0.3 is 65.2 Å². The normalized spacial score (nSPS) is 10.2. The SMILES string of the molecule is O=[C]([AlH2])c1cc(Cc2cc([C](=O)[AlH2])cc([C](=O)[AlH2])c2)cc([C](=O)[AlH2])c1. The van der Waals surface area contributed by atoms with Gasteiger partial charge in [-0.3, -0.25) is 0 Å². The smallest absolute Gasteiger partial charge is 0.317 e. The lowest BCUT2D eigenvalue weighted by Crippen LogP contribution is -2.07. The van der Waals surface area contributed by atoms with Gasteiger partial charge < -0.3 is 19.2 Å². The first kappa shape index (κ1) is 20.6. The third-order valence-electron chi connectivity index (χ3n) is 4.02. The topological polar surface area (TPSA) is 68.3 Å². The molecule has 0 spiro atoms. The first-order valence-corrected chi connectivity index (χ1v) is 12.0. The van der Waals surface area contributed by atoms with Crippen molar-refractivity contribution in [3.63, 3.8) is 0 Å². The number of hydrogen-bond acceptors (Lipinski definition) is 4. The van der Waals surface area contributed by atoms with E-state index in [0.29, 0.717) is 93.8 Å². The molecule has 25 heavy (non-hydrogen) atoms. The predicted octanol–water partition coefficient (Wildman–Crippen LogP) is -1.63. The minimum Gasteiger partial charge on any atom is -0.317 e. The highest BCUT2D eigenvalue weighted by molar-refractivity contribution is 6.64. The van der Waals surface area contributed by atoms with E-state index in [-0.39, 0.29) is 18.6 Å². The van der Waals surface area contributed by atoms with Crippen molar-refractivity contribution < 1.29 is 19.2 Å². The van der Waals surface area contributed by atoms with Crippen molar-refractivity contribution in [2.24, 2.45) is 0 Å². The van der Waals surface area contributed by atoms with Crippen LogP contribution in [0.1, 0.15) is 52.6 Å². The Balaban J connectivity index is 2.51. The van der Waals surface area contributed by atoms with Gasteiger partial charge in [0.25, 0.3) is 0 Å². The molecule has 2 aromatic rings. The third-order valence-corrected chi connectivity index (χ3v) is 6.33. The molecule has 0 radical (unpaired) electrons. The van der Waals surface area contributed by atoms with Crippen molar-refractivity contribution in [2.45, 2.75) is 6.42 Å². The van der Waals surface area contributed by atoms with Gasteiger partial charge in [0.1, 0.15) is 0 Å². The molecule has 0 unspecified atom stereocenters. The second-order valence-electron chi connectivity index (χ2n) is 6.24. The van der Waals surface area contributed by atoms with Gasteiger partial charge in [-0.15, -0.1) is 0 Å². The lowest BCUT2D eigenvalue weighted by Gasteiger charge is -2.10. The second kappa shape index (κ2) is 8.76. The second-order valence-corrected chi connectivity index (χ2v) is 9.87. The summed E-state index contributed by atoms with van der Waals surface area (Å²) in [6, 6.07) is 10.6. The number of hydrogen-bond donors (Lipinski definition) is 0. The number of rotatable bonds is 6. The first-order chi connectivity index (χ1) is 11.7. The van der Waals surface area contributed by atoms with Crippen LogP contribution in [0.5, 0.6) is 0 Å². The van der Waals surface area contributed by atoms with Crippen LogP contribution in [-0.4, -0.2) is 83.7 Å². The molecule has 0 amide bonds. The van der Waals surface area contributed by atoms with Crippen molar-refractivity contribution in [3.8, 4) is 0 Å². The van der Waals surface area contributed by atoms with Gasteiger partial charge in [0.2, 0.25) is 0 Å². The van der Waals surface area contributed by atoms with Gasteiger partial charge in [-0.05, 0) is 76.2 Å². The molecular formula is C17H16Al4O4. The number of carbonyl (C=O) groups is 4. The van der Waals surface area contributed by atoms with Gasteiger partial charge in [-0.25, -0.2) is 0 Å². The Hall–Kier alpha value is -0.750. The number of benzene rings is 2. The molecule has 0 aliphatic rings. The Morgan fingerprint density at radius 3 is 0.960 bits per heavy atom. The zero-order valence-corrected chi connectivity index (χ0v) is 22.8. The zero-order valence-electron chi connectivity index (χ0n) is 14.8. The summed E-state index contributed by atoms with van der Waals surface area (Å²) < 4.78 is 0.185. The maximum atomic E-state index is 11.8. The molecule has 8 heteroatoms. The van der Waals surface area contributed by atoms with Gasteiger partial charge in [-0.2, -0.15) is 0 Å². The predicted molar refractivity (Wildman–Crippen MR) is 107 cm³/mol. The average molecular weight is 392 g/mol. The Kier molecular flexibility index (Phi) is 7.20. The fourth-order valence-corrected chi connectivity index (χ4v) is 3.79. The van der Waals surface area contributed by atoms with Gasteiger partial charge in [-0.1, -0.05) is 0 Å². The molecule has 4 nitrogen and oxygen atoms in total. The third kappa shape index (κ3) is 5.61. The Morgan fingerprint density at radius 1 is 0.520 bits per heavy atom. The van der Waals surface area contributed by atoms with Crippen molar-refractivity contribution in [1.29, 1.82) is 0 Å². The molecule has 0 heterocycles. The summed E-state index contributed by atoms with van der Waals surface area (Å²) in [5, 5.41) is 0. The average Bonchev–Trinajstić information content (AvgIpc) is 2.53. The summed E-state index contributed by atoms with van der Waals surface area (Å²) >= 11 is 1.58. The van der Waals surface area contributed by atoms with Crippen LogP contribution in [0.2, 0.25) is 0 Å². The van der Waals surface area contributed by atoms with Crippen LogP contribution in [0, 0.1) is 0 Å². The summed E-state index contributed by atoms with van der Waals surface area (Å²) in [5.41, 5.74) is 3.97. The van der Waals surface area contributed by atoms with Crippen molar-refractivity contribution in [3.05, 3.63) is 69.8 Å². The highest BCUT2D eigenvalue weighted by Crippen LogP contribution is 2.18. The quantitative estimate of drug-likeness (QED) is 0.554. The molecule has 2 aromatic carbocycles. The van der Waals surface area contributed by atoms with Crippen LogP contribution in [0.15, 0.2) is 36.4 Å². The summed E-state index contributed by atoms with van der Waals surface area (Å²) in [7, 11) is 0. The molecule has 0 saturated carbocycles. The van der Waals surface area contributed by atoms with Crippen LogP contribution in [0.4, 0.5) is 0 Å². The van der Waals surface area contributed by atoms with Gasteiger partial charge in [0.05, 0.1) is 18.6 Å². The number of carbonyl (C=O) groups excluding carboxylic acids is 4. The lowest BCUT2D eigenvalue weighted by atomic mass is 9.97. The lowest BCUT2D eigenvalue weighted by molar-refractivity contribution is 0.106. The fourth-order valence-electron chi connectivity index (χ4n) is 2.64. The maximum absolute atomic E-state index is 11.8. The van der Waals surface area contributed by atoms with Crippen LogP contribution < -0.4 is 0 Å². The van der Waals surface area contributed by atoms with Crippen molar-refractivity contribution in [1.82, 2.24) is 0 Å². The largest absolute Gasteiger partial charge is 0.327 e. The molecule has 0 aliphatic carbocycles. The molecule has 0 bridgehead atoms. The standard InChI is InChI=1S/C17H8O4.4Al.8H/c18-8-14-2-12(3-15(6-14)9-19)1-13-4-16(10-20)7-17(5-13)11-21;;;;;;;;;;;;/h2-7H,1H2;;;;;;;;;;;;. The summed E-state index contributed by atoms with van der Waals surface area (Å²) in [5.74, 6) is 0. The van der Waals surface area contributed by atoms with E-state index in [4.69, 9.17) is 0 Å². The molecule has 0 N–H and O–H groups in total. The minimum atomic E-state index is 0.0462. The first-order valence-electron chi connectivity index (χ1n) is 7.99. The maximum Gasteiger partial charge on any atom is 0.327 e. The van der Waals surface area contributed by atoms with E-state index in [1.54, 1.807) is 36.4 Å². The van der Waals surface area contributed by atoms with E-state index in [9.17, 15) is 19.2 Å². The molecule has 120 valence electrons. The Labute approximate surface area is 178 Å². The Morgan fingerprint density at radius 2 is 0.760 bits per heavy atom. The van der Waals surface area contributed by atoms with E-state index in [0.717, 1.165) is 11.1 Å². The van der Waals surface area contributed by atoms with Crippen molar-refractivity contribution >= 4 is 83.7 Å². The minimum absolute atomic E-state index is 0.0462. The van der Waals surface area contributed by atoms with Crippen LogP contribution in [0.3, 0.4) is 0 Å². The summed E-state index contributed by atoms with van der Waals surface area (Å²) in [4.78, 5) is 47.2. The van der Waals surface area contributed by atoms with Gasteiger partial charge in [0, 0.05) is 0 Å². The van der Waals surface area contributed by atoms with Gasteiger partial charge in [0.15, 0.2) is 0 Å². The molecule has 0 atom stereocenters. The molecule has 0 aliphatic heterocycles. The fraction of sp³-hybridized carbons (Fsp3) is 0.0588. The highest BCUT2D eigenvalue weighted by atomic mass is 27.1. The van der Waals surface area contributed by atoms with E-state index < -0.39 is 0 Å². The zero-order chi connectivity index (χ0) is 18.7.